The first-order valence-electron chi connectivity index (χ1n) is 8.56. The van der Waals surface area contributed by atoms with Crippen LogP contribution in [0.3, 0.4) is 0 Å². The zero-order valence-corrected chi connectivity index (χ0v) is 14.5. The summed E-state index contributed by atoms with van der Waals surface area (Å²) in [6.07, 6.45) is 5.32. The van der Waals surface area contributed by atoms with Crippen molar-refractivity contribution in [1.29, 1.82) is 0 Å². The van der Waals surface area contributed by atoms with E-state index < -0.39 is 0 Å². The topological polar surface area (TPSA) is 86.6 Å². The first kappa shape index (κ1) is 15.5. The summed E-state index contributed by atoms with van der Waals surface area (Å²) in [4.78, 5) is 26.8. The number of nitrogens with zero attached hydrogens (tertiary/aromatic N) is 1. The molecule has 132 valence electrons. The number of aromatic nitrogens is 4. The summed E-state index contributed by atoms with van der Waals surface area (Å²) in [6, 6.07) is 13.6. The zero-order chi connectivity index (χ0) is 18.4. The van der Waals surface area contributed by atoms with E-state index in [4.69, 9.17) is 4.74 Å². The maximum absolute atomic E-state index is 13.0. The van der Waals surface area contributed by atoms with Crippen molar-refractivity contribution in [3.63, 3.8) is 0 Å². The van der Waals surface area contributed by atoms with Crippen LogP contribution in [0.1, 0.15) is 16.2 Å². The molecule has 0 bridgehead atoms. The number of nitrogens with one attached hydrogen (secondary N) is 3. The molecule has 0 aliphatic rings. The van der Waals surface area contributed by atoms with Crippen molar-refractivity contribution < 1.29 is 9.53 Å². The molecule has 0 saturated heterocycles. The Morgan fingerprint density at radius 2 is 1.85 bits per heavy atom. The van der Waals surface area contributed by atoms with Gasteiger partial charge in [-0.25, -0.2) is 4.98 Å². The van der Waals surface area contributed by atoms with Gasteiger partial charge in [0.1, 0.15) is 5.75 Å². The lowest BCUT2D eigenvalue weighted by Gasteiger charge is -2.00. The van der Waals surface area contributed by atoms with Gasteiger partial charge in [-0.3, -0.25) is 4.79 Å². The molecule has 3 heterocycles. The fraction of sp³-hybridized carbons (Fsp3) is 0.0476. The predicted octanol–water partition coefficient (Wildman–Crippen LogP) is 4.28. The van der Waals surface area contributed by atoms with Gasteiger partial charge in [0.05, 0.1) is 24.6 Å². The minimum absolute atomic E-state index is 0.155. The summed E-state index contributed by atoms with van der Waals surface area (Å²) in [5.41, 5.74) is 4.26. The first-order chi connectivity index (χ1) is 13.2. The van der Waals surface area contributed by atoms with E-state index in [1.165, 1.54) is 0 Å². The second-order valence-electron chi connectivity index (χ2n) is 6.34. The van der Waals surface area contributed by atoms with Gasteiger partial charge < -0.3 is 19.7 Å². The number of hydrogen-bond acceptors (Lipinski definition) is 3. The second-order valence-corrected chi connectivity index (χ2v) is 6.34. The molecule has 27 heavy (non-hydrogen) atoms. The molecule has 0 amide bonds. The highest BCUT2D eigenvalue weighted by Crippen LogP contribution is 2.28. The fourth-order valence-corrected chi connectivity index (χ4v) is 3.42. The molecule has 5 rings (SSSR count). The SMILES string of the molecule is COc1ccc2c(C(=O)c3ncc(-c4c[nH]c5ccccc45)[nH]3)c[nH]c2c1. The van der Waals surface area contributed by atoms with E-state index in [1.54, 1.807) is 19.5 Å². The molecule has 0 spiro atoms. The average Bonchev–Trinajstić information content (AvgIpc) is 3.43. The van der Waals surface area contributed by atoms with Crippen LogP contribution in [0.4, 0.5) is 0 Å². The third-order valence-electron chi connectivity index (χ3n) is 4.80. The number of aromatic amines is 3. The Morgan fingerprint density at radius 3 is 2.74 bits per heavy atom. The molecule has 3 N–H and O–H groups in total. The number of para-hydroxylation sites is 1. The van der Waals surface area contributed by atoms with Crippen LogP contribution in [-0.4, -0.2) is 32.8 Å². The van der Waals surface area contributed by atoms with Crippen molar-refractivity contribution in [2.45, 2.75) is 0 Å². The summed E-state index contributed by atoms with van der Waals surface area (Å²) < 4.78 is 5.23. The monoisotopic (exact) mass is 356 g/mol. The minimum atomic E-state index is -0.155. The molecule has 6 heteroatoms. The molecule has 0 radical (unpaired) electrons. The third kappa shape index (κ3) is 2.42. The number of ketones is 1. The van der Waals surface area contributed by atoms with Crippen LogP contribution in [0.2, 0.25) is 0 Å². The van der Waals surface area contributed by atoms with Gasteiger partial charge in [0.2, 0.25) is 5.78 Å². The number of hydrogen-bond donors (Lipinski definition) is 3. The molecule has 5 aromatic rings. The number of ether oxygens (including phenoxy) is 1. The van der Waals surface area contributed by atoms with Crippen molar-refractivity contribution in [3.8, 4) is 17.0 Å². The molecule has 0 atom stereocenters. The lowest BCUT2D eigenvalue weighted by Crippen LogP contribution is -2.02. The normalized spacial score (nSPS) is 11.3. The highest BCUT2D eigenvalue weighted by atomic mass is 16.5. The lowest BCUT2D eigenvalue weighted by atomic mass is 10.1. The molecule has 2 aromatic carbocycles. The lowest BCUT2D eigenvalue weighted by molar-refractivity contribution is 0.103. The standard InChI is InChI=1S/C21H16N4O2/c1-27-12-6-7-14-16(10-23-18(14)8-12)20(26)21-24-11-19(25-21)15-9-22-17-5-3-2-4-13(15)17/h2-11,22-23H,1H3,(H,24,25). The smallest absolute Gasteiger partial charge is 0.230 e. The average molecular weight is 356 g/mol. The molecule has 0 fully saturated rings. The van der Waals surface area contributed by atoms with Crippen molar-refractivity contribution in [2.75, 3.05) is 7.11 Å². The fourth-order valence-electron chi connectivity index (χ4n) is 3.42. The molecule has 0 unspecified atom stereocenters. The van der Waals surface area contributed by atoms with Gasteiger partial charge in [0.25, 0.3) is 0 Å². The van der Waals surface area contributed by atoms with Gasteiger partial charge >= 0.3 is 0 Å². The number of imidazole rings is 1. The quantitative estimate of drug-likeness (QED) is 0.420. The first-order valence-corrected chi connectivity index (χ1v) is 8.56. The van der Waals surface area contributed by atoms with E-state index in [9.17, 15) is 4.79 Å². The van der Waals surface area contributed by atoms with Gasteiger partial charge in [0.15, 0.2) is 5.82 Å². The molecule has 6 nitrogen and oxygen atoms in total. The molecular weight excluding hydrogens is 340 g/mol. The predicted molar refractivity (Wildman–Crippen MR) is 104 cm³/mol. The Hall–Kier alpha value is -3.80. The Bertz CT molecular complexity index is 1290. The van der Waals surface area contributed by atoms with Crippen molar-refractivity contribution >= 4 is 27.6 Å². The largest absolute Gasteiger partial charge is 0.497 e. The van der Waals surface area contributed by atoms with E-state index in [1.807, 2.05) is 48.7 Å². The summed E-state index contributed by atoms with van der Waals surface area (Å²) in [7, 11) is 1.62. The number of carbonyl (C=O) groups excluding carboxylic acids is 1. The van der Waals surface area contributed by atoms with Crippen LogP contribution in [0.5, 0.6) is 5.75 Å². The van der Waals surface area contributed by atoms with E-state index >= 15 is 0 Å². The van der Waals surface area contributed by atoms with Crippen LogP contribution in [0.25, 0.3) is 33.1 Å². The summed E-state index contributed by atoms with van der Waals surface area (Å²) >= 11 is 0. The van der Waals surface area contributed by atoms with Crippen LogP contribution in [-0.2, 0) is 0 Å². The van der Waals surface area contributed by atoms with Crippen LogP contribution >= 0.6 is 0 Å². The van der Waals surface area contributed by atoms with Crippen molar-refractivity contribution in [2.24, 2.45) is 0 Å². The molecule has 0 aliphatic heterocycles. The Labute approximate surface area is 154 Å². The molecule has 0 aliphatic carbocycles. The maximum atomic E-state index is 13.0. The summed E-state index contributed by atoms with van der Waals surface area (Å²) in [5.74, 6) is 0.896. The van der Waals surface area contributed by atoms with E-state index in [0.717, 1.165) is 38.8 Å². The zero-order valence-electron chi connectivity index (χ0n) is 14.5. The number of H-pyrrole nitrogens is 3. The highest BCUT2D eigenvalue weighted by Gasteiger charge is 2.18. The van der Waals surface area contributed by atoms with Gasteiger partial charge in [-0.1, -0.05) is 18.2 Å². The number of rotatable bonds is 4. The maximum Gasteiger partial charge on any atom is 0.230 e. The third-order valence-corrected chi connectivity index (χ3v) is 4.80. The van der Waals surface area contributed by atoms with Gasteiger partial charge in [-0.2, -0.15) is 0 Å². The number of methoxy groups -OCH3 is 1. The second kappa shape index (κ2) is 5.88. The Balaban J connectivity index is 1.54. The van der Waals surface area contributed by atoms with Crippen LogP contribution < -0.4 is 4.74 Å². The van der Waals surface area contributed by atoms with E-state index in [2.05, 4.69) is 19.9 Å². The van der Waals surface area contributed by atoms with Gasteiger partial charge in [0, 0.05) is 45.8 Å². The van der Waals surface area contributed by atoms with Gasteiger partial charge in [-0.15, -0.1) is 0 Å². The van der Waals surface area contributed by atoms with E-state index in [-0.39, 0.29) is 5.78 Å². The Morgan fingerprint density at radius 1 is 1.00 bits per heavy atom. The number of carbonyl (C=O) groups is 1. The minimum Gasteiger partial charge on any atom is -0.497 e. The number of benzene rings is 2. The van der Waals surface area contributed by atoms with Crippen LogP contribution in [0, 0.1) is 0 Å². The number of fused-ring (bicyclic) bond motifs is 2. The van der Waals surface area contributed by atoms with Crippen LogP contribution in [0.15, 0.2) is 61.1 Å². The van der Waals surface area contributed by atoms with Crippen molar-refractivity contribution in [1.82, 2.24) is 19.9 Å². The van der Waals surface area contributed by atoms with Gasteiger partial charge in [-0.05, 0) is 18.2 Å². The van der Waals surface area contributed by atoms with Crippen molar-refractivity contribution in [3.05, 3.63) is 72.4 Å². The molecule has 0 saturated carbocycles. The molecular formula is C21H16N4O2. The Kier molecular flexibility index (Phi) is 3.36. The highest BCUT2D eigenvalue weighted by molar-refractivity contribution is 6.15. The summed E-state index contributed by atoms with van der Waals surface area (Å²) in [5, 5.41) is 1.92. The summed E-state index contributed by atoms with van der Waals surface area (Å²) in [6.45, 7) is 0. The molecule has 3 aromatic heterocycles. The van der Waals surface area contributed by atoms with E-state index in [0.29, 0.717) is 11.4 Å².